The average Bonchev–Trinajstić information content (AvgIpc) is 2.76. The van der Waals surface area contributed by atoms with Gasteiger partial charge in [-0.25, -0.2) is 14.8 Å². The molecule has 0 radical (unpaired) electrons. The van der Waals surface area contributed by atoms with Gasteiger partial charge >= 0.3 is 5.97 Å². The Morgan fingerprint density at radius 3 is 3.00 bits per heavy atom. The lowest BCUT2D eigenvalue weighted by molar-refractivity contribution is 0.0696. The molecule has 0 amide bonds. The van der Waals surface area contributed by atoms with Crippen LogP contribution in [0.1, 0.15) is 17.3 Å². The minimum absolute atomic E-state index is 0.233. The second kappa shape index (κ2) is 5.01. The first-order chi connectivity index (χ1) is 8.20. The van der Waals surface area contributed by atoms with Gasteiger partial charge in [0.25, 0.3) is 0 Å². The number of imidazole rings is 1. The summed E-state index contributed by atoms with van der Waals surface area (Å²) < 4.78 is 1.97. The summed E-state index contributed by atoms with van der Waals surface area (Å²) in [5.41, 5.74) is 0.233. The zero-order valence-electron chi connectivity index (χ0n) is 9.20. The van der Waals surface area contributed by atoms with E-state index in [1.165, 1.54) is 24.0 Å². The maximum Gasteiger partial charge on any atom is 0.335 e. The van der Waals surface area contributed by atoms with Crippen molar-refractivity contribution in [3.63, 3.8) is 0 Å². The third-order valence-corrected chi connectivity index (χ3v) is 3.15. The molecule has 0 aromatic carbocycles. The molecule has 5 nitrogen and oxygen atoms in total. The number of hydrogen-bond acceptors (Lipinski definition) is 4. The molecule has 0 aliphatic rings. The van der Waals surface area contributed by atoms with Crippen molar-refractivity contribution in [2.45, 2.75) is 23.7 Å². The minimum Gasteiger partial charge on any atom is -0.478 e. The average molecular weight is 249 g/mol. The molecule has 0 fully saturated rings. The fraction of sp³-hybridized carbons (Fsp3) is 0.182. The highest BCUT2D eigenvalue weighted by molar-refractivity contribution is 7.99. The van der Waals surface area contributed by atoms with Gasteiger partial charge in [-0.05, 0) is 30.8 Å². The van der Waals surface area contributed by atoms with Gasteiger partial charge < -0.3 is 9.67 Å². The minimum atomic E-state index is -0.951. The summed E-state index contributed by atoms with van der Waals surface area (Å²) in [6.07, 6.45) is 5.08. The van der Waals surface area contributed by atoms with Crippen LogP contribution in [0.15, 0.2) is 40.9 Å². The third kappa shape index (κ3) is 2.65. The first-order valence-corrected chi connectivity index (χ1v) is 5.90. The molecular formula is C11H11N3O2S. The molecule has 2 rings (SSSR count). The Morgan fingerprint density at radius 1 is 1.47 bits per heavy atom. The largest absolute Gasteiger partial charge is 0.478 e. The van der Waals surface area contributed by atoms with Gasteiger partial charge in [-0.2, -0.15) is 0 Å². The molecule has 17 heavy (non-hydrogen) atoms. The molecule has 0 aliphatic heterocycles. The maximum atomic E-state index is 10.8. The number of carboxylic acid groups (broad SMARTS) is 1. The van der Waals surface area contributed by atoms with E-state index in [0.717, 1.165) is 11.7 Å². The molecule has 0 saturated heterocycles. The molecular weight excluding hydrogens is 238 g/mol. The highest BCUT2D eigenvalue weighted by Gasteiger charge is 2.08. The molecule has 0 aliphatic carbocycles. The van der Waals surface area contributed by atoms with E-state index in [1.54, 1.807) is 12.3 Å². The smallest absolute Gasteiger partial charge is 0.335 e. The first-order valence-electron chi connectivity index (χ1n) is 5.09. The Bertz CT molecular complexity index is 539. The van der Waals surface area contributed by atoms with Crippen molar-refractivity contribution in [2.24, 2.45) is 0 Å². The molecule has 2 heterocycles. The Labute approximate surface area is 103 Å². The molecule has 6 heteroatoms. The quantitative estimate of drug-likeness (QED) is 0.899. The number of nitrogens with zero attached hydrogens (tertiary/aromatic N) is 3. The van der Waals surface area contributed by atoms with Gasteiger partial charge in [-0.15, -0.1) is 0 Å². The van der Waals surface area contributed by atoms with E-state index < -0.39 is 5.97 Å². The van der Waals surface area contributed by atoms with Crippen LogP contribution in [0, 0.1) is 0 Å². The number of rotatable bonds is 4. The predicted octanol–water partition coefficient (Wildman–Crippen LogP) is 2.15. The number of carboxylic acids is 1. The molecule has 0 saturated carbocycles. The second-order valence-corrected chi connectivity index (χ2v) is 4.27. The fourth-order valence-electron chi connectivity index (χ4n) is 1.33. The lowest BCUT2D eigenvalue weighted by Crippen LogP contribution is -1.98. The van der Waals surface area contributed by atoms with E-state index in [-0.39, 0.29) is 5.56 Å². The molecule has 0 atom stereocenters. The molecule has 0 spiro atoms. The monoisotopic (exact) mass is 249 g/mol. The lowest BCUT2D eigenvalue weighted by atomic mass is 10.3. The van der Waals surface area contributed by atoms with Crippen molar-refractivity contribution in [1.82, 2.24) is 14.5 Å². The number of aromatic carboxylic acids is 1. The molecule has 88 valence electrons. The van der Waals surface area contributed by atoms with E-state index in [0.29, 0.717) is 5.03 Å². The highest BCUT2D eigenvalue weighted by atomic mass is 32.2. The lowest BCUT2D eigenvalue weighted by Gasteiger charge is -2.03. The van der Waals surface area contributed by atoms with Gasteiger partial charge in [0, 0.05) is 25.1 Å². The van der Waals surface area contributed by atoms with Crippen LogP contribution >= 0.6 is 11.8 Å². The van der Waals surface area contributed by atoms with Crippen LogP contribution in [0.5, 0.6) is 0 Å². The Balaban J connectivity index is 2.24. The van der Waals surface area contributed by atoms with Gasteiger partial charge in [0.15, 0.2) is 5.16 Å². The van der Waals surface area contributed by atoms with Gasteiger partial charge in [0.1, 0.15) is 5.03 Å². The van der Waals surface area contributed by atoms with Crippen molar-refractivity contribution >= 4 is 17.7 Å². The van der Waals surface area contributed by atoms with Crippen LogP contribution in [0.25, 0.3) is 0 Å². The zero-order chi connectivity index (χ0) is 12.3. The third-order valence-electron chi connectivity index (χ3n) is 2.20. The van der Waals surface area contributed by atoms with Crippen molar-refractivity contribution in [3.05, 3.63) is 36.3 Å². The number of pyridine rings is 1. The summed E-state index contributed by atoms with van der Waals surface area (Å²) in [5.74, 6) is -0.951. The molecule has 1 N–H and O–H groups in total. The summed E-state index contributed by atoms with van der Waals surface area (Å²) in [6, 6.07) is 3.01. The number of aromatic nitrogens is 3. The van der Waals surface area contributed by atoms with Crippen molar-refractivity contribution in [3.8, 4) is 0 Å². The van der Waals surface area contributed by atoms with Crippen LogP contribution in [0.3, 0.4) is 0 Å². The number of hydrogen-bond donors (Lipinski definition) is 1. The topological polar surface area (TPSA) is 68.0 Å². The maximum absolute atomic E-state index is 10.8. The van der Waals surface area contributed by atoms with Crippen LogP contribution < -0.4 is 0 Å². The van der Waals surface area contributed by atoms with Crippen LogP contribution in [-0.2, 0) is 6.54 Å². The van der Waals surface area contributed by atoms with Gasteiger partial charge in [-0.3, -0.25) is 0 Å². The SMILES string of the molecule is CCn1ccnc1Sc1cc(C(=O)O)ccn1. The van der Waals surface area contributed by atoms with Gasteiger partial charge in [0.05, 0.1) is 5.56 Å². The predicted molar refractivity (Wildman–Crippen MR) is 63.2 cm³/mol. The normalized spacial score (nSPS) is 10.4. The summed E-state index contributed by atoms with van der Waals surface area (Å²) >= 11 is 1.35. The molecule has 0 unspecified atom stereocenters. The molecule has 0 bridgehead atoms. The van der Waals surface area contributed by atoms with E-state index >= 15 is 0 Å². The number of aryl methyl sites for hydroxylation is 1. The van der Waals surface area contributed by atoms with Crippen LogP contribution in [-0.4, -0.2) is 25.6 Å². The van der Waals surface area contributed by atoms with Gasteiger partial charge in [-0.1, -0.05) is 0 Å². The Morgan fingerprint density at radius 2 is 2.29 bits per heavy atom. The van der Waals surface area contributed by atoms with Crippen molar-refractivity contribution in [1.29, 1.82) is 0 Å². The summed E-state index contributed by atoms with van der Waals surface area (Å²) in [5, 5.41) is 10.3. The Hall–Kier alpha value is -1.82. The summed E-state index contributed by atoms with van der Waals surface area (Å²) in [4.78, 5) is 19.1. The van der Waals surface area contributed by atoms with E-state index in [9.17, 15) is 4.79 Å². The fourth-order valence-corrected chi connectivity index (χ4v) is 2.24. The number of carbonyl (C=O) groups is 1. The zero-order valence-corrected chi connectivity index (χ0v) is 10.0. The summed E-state index contributed by atoms with van der Waals surface area (Å²) in [7, 11) is 0. The van der Waals surface area contributed by atoms with E-state index in [1.807, 2.05) is 17.7 Å². The molecule has 2 aromatic heterocycles. The second-order valence-electron chi connectivity index (χ2n) is 3.29. The van der Waals surface area contributed by atoms with Gasteiger partial charge in [0.2, 0.25) is 0 Å². The first kappa shape index (κ1) is 11.7. The molecule has 2 aromatic rings. The van der Waals surface area contributed by atoms with E-state index in [4.69, 9.17) is 5.11 Å². The standard InChI is InChI=1S/C11H11N3O2S/c1-2-14-6-5-13-11(14)17-9-7-8(10(15)16)3-4-12-9/h3-7H,2H2,1H3,(H,15,16). The van der Waals surface area contributed by atoms with Crippen molar-refractivity contribution in [2.75, 3.05) is 0 Å². The van der Waals surface area contributed by atoms with Crippen molar-refractivity contribution < 1.29 is 9.90 Å². The van der Waals surface area contributed by atoms with Crippen LogP contribution in [0.2, 0.25) is 0 Å². The highest BCUT2D eigenvalue weighted by Crippen LogP contribution is 2.24. The van der Waals surface area contributed by atoms with E-state index in [2.05, 4.69) is 9.97 Å². The Kier molecular flexibility index (Phi) is 3.43. The summed E-state index contributed by atoms with van der Waals surface area (Å²) in [6.45, 7) is 2.84. The van der Waals surface area contributed by atoms with Crippen LogP contribution in [0.4, 0.5) is 0 Å².